The maximum Gasteiger partial charge on any atom is 0.242 e. The van der Waals surface area contributed by atoms with Gasteiger partial charge in [0, 0.05) is 14.1 Å². The Kier molecular flexibility index (Phi) is 4.39. The Labute approximate surface area is 144 Å². The molecule has 0 fully saturated rings. The summed E-state index contributed by atoms with van der Waals surface area (Å²) in [6.07, 6.45) is 0. The molecule has 25 heavy (non-hydrogen) atoms. The molecule has 0 aliphatic carbocycles. The molecule has 2 aromatic carbocycles. The van der Waals surface area contributed by atoms with Gasteiger partial charge in [-0.25, -0.2) is 12.7 Å². The minimum Gasteiger partial charge on any atom is -0.390 e. The van der Waals surface area contributed by atoms with E-state index in [0.717, 1.165) is 9.87 Å². The second kappa shape index (κ2) is 6.51. The number of sulfonamides is 1. The van der Waals surface area contributed by atoms with Gasteiger partial charge in [-0.05, 0) is 41.1 Å². The first-order valence-corrected chi connectivity index (χ1v) is 8.76. The molecule has 0 atom stereocenters. The molecule has 0 saturated heterocycles. The largest absolute Gasteiger partial charge is 0.390 e. The lowest BCUT2D eigenvalue weighted by Gasteiger charge is -2.11. The fourth-order valence-electron chi connectivity index (χ4n) is 2.16. The van der Waals surface area contributed by atoms with Crippen LogP contribution in [0.4, 0.5) is 0 Å². The number of fused-ring (bicyclic) bond motifs is 1. The molecule has 1 aromatic heterocycles. The standard InChI is InChI=1S/C16H15N5O3S/c1-20(2)25(22,23)14-7-8-15-16(9-14)21(19-18-15)24-11-13-5-3-12(10-17)4-6-13/h3-9H,11H2,1-2H3. The third-order valence-electron chi connectivity index (χ3n) is 3.60. The van der Waals surface area contributed by atoms with Gasteiger partial charge in [-0.3, -0.25) is 0 Å². The summed E-state index contributed by atoms with van der Waals surface area (Å²) in [5, 5.41) is 16.7. The number of hydrogen-bond acceptors (Lipinski definition) is 6. The first kappa shape index (κ1) is 16.9. The normalized spacial score (nSPS) is 11.6. The SMILES string of the molecule is CN(C)S(=O)(=O)c1ccc2nnn(OCc3ccc(C#N)cc3)c2c1. The van der Waals surface area contributed by atoms with Gasteiger partial charge in [-0.15, -0.1) is 5.10 Å². The van der Waals surface area contributed by atoms with Crippen LogP contribution in [0.2, 0.25) is 0 Å². The van der Waals surface area contributed by atoms with E-state index in [4.69, 9.17) is 10.1 Å². The van der Waals surface area contributed by atoms with Crippen molar-refractivity contribution in [1.82, 2.24) is 19.5 Å². The molecule has 3 aromatic rings. The van der Waals surface area contributed by atoms with Crippen LogP contribution in [0.1, 0.15) is 11.1 Å². The number of nitrogens with zero attached hydrogens (tertiary/aromatic N) is 5. The lowest BCUT2D eigenvalue weighted by atomic mass is 10.2. The molecule has 8 nitrogen and oxygen atoms in total. The van der Waals surface area contributed by atoms with Gasteiger partial charge >= 0.3 is 0 Å². The van der Waals surface area contributed by atoms with E-state index in [1.165, 1.54) is 31.1 Å². The molecule has 1 heterocycles. The molecule has 9 heteroatoms. The molecule has 0 spiro atoms. The van der Waals surface area contributed by atoms with Gasteiger partial charge in [-0.1, -0.05) is 17.0 Å². The Balaban J connectivity index is 1.88. The van der Waals surface area contributed by atoms with Crippen molar-refractivity contribution in [2.24, 2.45) is 0 Å². The van der Waals surface area contributed by atoms with Crippen molar-refractivity contribution in [2.75, 3.05) is 14.1 Å². The molecule has 0 radical (unpaired) electrons. The summed E-state index contributed by atoms with van der Waals surface area (Å²) in [7, 11) is -0.622. The van der Waals surface area contributed by atoms with Crippen LogP contribution in [0.3, 0.4) is 0 Å². The second-order valence-electron chi connectivity index (χ2n) is 5.48. The minimum absolute atomic E-state index is 0.135. The molecular weight excluding hydrogens is 342 g/mol. The first-order valence-electron chi connectivity index (χ1n) is 7.32. The molecule has 0 aliphatic heterocycles. The molecular formula is C16H15N5O3S. The molecule has 0 bridgehead atoms. The van der Waals surface area contributed by atoms with Crippen molar-refractivity contribution >= 4 is 21.1 Å². The van der Waals surface area contributed by atoms with E-state index in [9.17, 15) is 8.42 Å². The number of benzene rings is 2. The average Bonchev–Trinajstić information content (AvgIpc) is 3.02. The van der Waals surface area contributed by atoms with Crippen molar-refractivity contribution in [1.29, 1.82) is 5.26 Å². The fourth-order valence-corrected chi connectivity index (χ4v) is 3.08. The average molecular weight is 357 g/mol. The molecule has 128 valence electrons. The van der Waals surface area contributed by atoms with Crippen LogP contribution >= 0.6 is 0 Å². The minimum atomic E-state index is -3.56. The second-order valence-corrected chi connectivity index (χ2v) is 7.63. The number of hydrogen-bond donors (Lipinski definition) is 0. The summed E-state index contributed by atoms with van der Waals surface area (Å²) in [4.78, 5) is 6.93. The zero-order valence-electron chi connectivity index (χ0n) is 13.6. The summed E-state index contributed by atoms with van der Waals surface area (Å²) >= 11 is 0. The van der Waals surface area contributed by atoms with E-state index >= 15 is 0 Å². The number of aromatic nitrogens is 3. The fraction of sp³-hybridized carbons (Fsp3) is 0.188. The van der Waals surface area contributed by atoms with Gasteiger partial charge in [0.15, 0.2) is 0 Å². The van der Waals surface area contributed by atoms with Gasteiger partial charge < -0.3 is 4.84 Å². The highest BCUT2D eigenvalue weighted by atomic mass is 32.2. The van der Waals surface area contributed by atoms with Crippen LogP contribution in [0.15, 0.2) is 47.4 Å². The zero-order chi connectivity index (χ0) is 18.0. The first-order chi connectivity index (χ1) is 11.9. The Hall–Kier alpha value is -2.96. The van der Waals surface area contributed by atoms with Crippen LogP contribution in [0, 0.1) is 11.3 Å². The summed E-state index contributed by atoms with van der Waals surface area (Å²) < 4.78 is 25.7. The van der Waals surface area contributed by atoms with Crippen molar-refractivity contribution in [2.45, 2.75) is 11.5 Å². The van der Waals surface area contributed by atoms with Crippen molar-refractivity contribution in [3.05, 3.63) is 53.6 Å². The van der Waals surface area contributed by atoms with Crippen molar-refractivity contribution in [3.8, 4) is 6.07 Å². The third-order valence-corrected chi connectivity index (χ3v) is 5.41. The topological polar surface area (TPSA) is 101 Å². The summed E-state index contributed by atoms with van der Waals surface area (Å²) in [6.45, 7) is 0.203. The predicted octanol–water partition coefficient (Wildman–Crippen LogP) is 1.18. The van der Waals surface area contributed by atoms with E-state index in [2.05, 4.69) is 10.3 Å². The molecule has 0 unspecified atom stereocenters. The van der Waals surface area contributed by atoms with Gasteiger partial charge in [0.1, 0.15) is 17.6 Å². The molecule has 0 saturated carbocycles. The highest BCUT2D eigenvalue weighted by molar-refractivity contribution is 7.89. The highest BCUT2D eigenvalue weighted by Crippen LogP contribution is 2.19. The highest BCUT2D eigenvalue weighted by Gasteiger charge is 2.19. The summed E-state index contributed by atoms with van der Waals surface area (Å²) in [5.74, 6) is 0. The Morgan fingerprint density at radius 2 is 1.92 bits per heavy atom. The number of rotatable bonds is 5. The Bertz CT molecular complexity index is 1050. The quantitative estimate of drug-likeness (QED) is 0.680. The van der Waals surface area contributed by atoms with Gasteiger partial charge in [-0.2, -0.15) is 5.26 Å². The van der Waals surface area contributed by atoms with Crippen molar-refractivity contribution < 1.29 is 13.3 Å². The zero-order valence-corrected chi connectivity index (χ0v) is 14.4. The lowest BCUT2D eigenvalue weighted by molar-refractivity contribution is 0.0751. The van der Waals surface area contributed by atoms with Crippen LogP contribution in [0.5, 0.6) is 0 Å². The van der Waals surface area contributed by atoms with Crippen LogP contribution < -0.4 is 4.84 Å². The van der Waals surface area contributed by atoms with Crippen LogP contribution in [-0.2, 0) is 16.6 Å². The van der Waals surface area contributed by atoms with E-state index < -0.39 is 10.0 Å². The van der Waals surface area contributed by atoms with Gasteiger partial charge in [0.25, 0.3) is 0 Å². The van der Waals surface area contributed by atoms with E-state index in [1.807, 2.05) is 6.07 Å². The van der Waals surface area contributed by atoms with E-state index in [0.29, 0.717) is 16.6 Å². The van der Waals surface area contributed by atoms with Gasteiger partial charge in [0.05, 0.1) is 16.5 Å². The maximum absolute atomic E-state index is 12.3. The third kappa shape index (κ3) is 3.31. The van der Waals surface area contributed by atoms with Crippen LogP contribution in [-0.4, -0.2) is 42.0 Å². The van der Waals surface area contributed by atoms with Gasteiger partial charge in [0.2, 0.25) is 10.0 Å². The smallest absolute Gasteiger partial charge is 0.242 e. The monoisotopic (exact) mass is 357 g/mol. The van der Waals surface area contributed by atoms with E-state index in [1.54, 1.807) is 30.3 Å². The maximum atomic E-state index is 12.3. The predicted molar refractivity (Wildman–Crippen MR) is 89.8 cm³/mol. The summed E-state index contributed by atoms with van der Waals surface area (Å²) in [6, 6.07) is 13.5. The molecule has 0 N–H and O–H groups in total. The Morgan fingerprint density at radius 1 is 1.20 bits per heavy atom. The number of nitriles is 1. The molecule has 0 amide bonds. The lowest BCUT2D eigenvalue weighted by Crippen LogP contribution is -2.22. The molecule has 0 aliphatic rings. The summed E-state index contributed by atoms with van der Waals surface area (Å²) in [5.41, 5.74) is 2.39. The Morgan fingerprint density at radius 3 is 2.56 bits per heavy atom. The molecule has 3 rings (SSSR count). The van der Waals surface area contributed by atoms with Crippen LogP contribution in [0.25, 0.3) is 11.0 Å². The van der Waals surface area contributed by atoms with Crippen molar-refractivity contribution in [3.63, 3.8) is 0 Å². The van der Waals surface area contributed by atoms with E-state index in [-0.39, 0.29) is 11.5 Å².